The van der Waals surface area contributed by atoms with Crippen LogP contribution in [0.1, 0.15) is 68.7 Å². The van der Waals surface area contributed by atoms with Gasteiger partial charge >= 0.3 is 6.18 Å². The first kappa shape index (κ1) is 18.5. The van der Waals surface area contributed by atoms with Crippen LogP contribution in [-0.2, 0) is 12.7 Å². The molecule has 2 aliphatic rings. The summed E-state index contributed by atoms with van der Waals surface area (Å²) in [5, 5.41) is 10.9. The van der Waals surface area contributed by atoms with E-state index in [4.69, 9.17) is 12.2 Å². The van der Waals surface area contributed by atoms with Crippen molar-refractivity contribution in [2.75, 3.05) is 6.54 Å². The van der Waals surface area contributed by atoms with Crippen LogP contribution in [0.5, 0.6) is 0 Å². The molecule has 0 aromatic carbocycles. The lowest BCUT2D eigenvalue weighted by Crippen LogP contribution is -2.43. The van der Waals surface area contributed by atoms with E-state index in [1.807, 2.05) is 0 Å². The van der Waals surface area contributed by atoms with Crippen molar-refractivity contribution in [2.45, 2.75) is 76.0 Å². The predicted octanol–water partition coefficient (Wildman–Crippen LogP) is 3.97. The highest BCUT2D eigenvalue weighted by Crippen LogP contribution is 2.42. The number of rotatable bonds is 6. The molecule has 0 unspecified atom stereocenters. The second-order valence-corrected chi connectivity index (χ2v) is 7.45. The van der Waals surface area contributed by atoms with Crippen molar-refractivity contribution in [3.8, 4) is 0 Å². The molecule has 0 spiro atoms. The smallest absolute Gasteiger partial charge is 0.363 e. The van der Waals surface area contributed by atoms with Gasteiger partial charge in [0.2, 0.25) is 0 Å². The van der Waals surface area contributed by atoms with Crippen LogP contribution in [0.15, 0.2) is 6.07 Å². The van der Waals surface area contributed by atoms with Crippen molar-refractivity contribution in [1.29, 1.82) is 0 Å². The molecule has 1 aromatic heterocycles. The summed E-state index contributed by atoms with van der Waals surface area (Å²) in [6, 6.07) is 1.66. The first-order valence-corrected chi connectivity index (χ1v) is 9.53. The Kier molecular flexibility index (Phi) is 5.86. The average molecular weight is 374 g/mol. The lowest BCUT2D eigenvalue weighted by atomic mass is 9.96. The predicted molar refractivity (Wildman–Crippen MR) is 94.4 cm³/mol. The molecule has 3 rings (SSSR count). The highest BCUT2D eigenvalue weighted by molar-refractivity contribution is 7.80. The highest BCUT2D eigenvalue weighted by Gasteiger charge is 2.37. The van der Waals surface area contributed by atoms with Gasteiger partial charge in [0.1, 0.15) is 0 Å². The molecule has 0 aliphatic heterocycles. The molecule has 4 nitrogen and oxygen atoms in total. The van der Waals surface area contributed by atoms with E-state index in [2.05, 4.69) is 15.7 Å². The molecular weight excluding hydrogens is 349 g/mol. The van der Waals surface area contributed by atoms with Crippen molar-refractivity contribution in [3.63, 3.8) is 0 Å². The van der Waals surface area contributed by atoms with Gasteiger partial charge in [0.15, 0.2) is 10.8 Å². The summed E-state index contributed by atoms with van der Waals surface area (Å²) in [6.45, 7) is 1.10. The van der Waals surface area contributed by atoms with E-state index in [-0.39, 0.29) is 5.92 Å². The van der Waals surface area contributed by atoms with Crippen LogP contribution in [-0.4, -0.2) is 27.5 Å². The third kappa shape index (κ3) is 5.33. The van der Waals surface area contributed by atoms with Crippen LogP contribution in [0.2, 0.25) is 0 Å². The van der Waals surface area contributed by atoms with E-state index >= 15 is 0 Å². The van der Waals surface area contributed by atoms with Crippen molar-refractivity contribution >= 4 is 17.3 Å². The molecular formula is C17H25F3N4S. The van der Waals surface area contributed by atoms with E-state index in [0.717, 1.165) is 31.4 Å². The molecule has 0 bridgehead atoms. The van der Waals surface area contributed by atoms with Crippen molar-refractivity contribution in [3.05, 3.63) is 17.5 Å². The van der Waals surface area contributed by atoms with Crippen molar-refractivity contribution in [1.82, 2.24) is 20.4 Å². The Morgan fingerprint density at radius 2 is 1.92 bits per heavy atom. The molecule has 0 saturated heterocycles. The number of hydrogen-bond donors (Lipinski definition) is 2. The number of halogens is 3. The molecule has 25 heavy (non-hydrogen) atoms. The molecule has 0 atom stereocenters. The molecule has 0 amide bonds. The van der Waals surface area contributed by atoms with Gasteiger partial charge in [0.25, 0.3) is 0 Å². The summed E-state index contributed by atoms with van der Waals surface area (Å²) in [6.07, 6.45) is 4.30. The third-order valence-corrected chi connectivity index (χ3v) is 5.13. The summed E-state index contributed by atoms with van der Waals surface area (Å²) < 4.78 is 40.1. The van der Waals surface area contributed by atoms with E-state index < -0.39 is 11.9 Å². The van der Waals surface area contributed by atoms with Gasteiger partial charge in [0.05, 0.1) is 0 Å². The fraction of sp³-hybridized carbons (Fsp3) is 0.765. The van der Waals surface area contributed by atoms with E-state index in [1.165, 1.54) is 30.0 Å². The average Bonchev–Trinajstić information content (AvgIpc) is 3.31. The molecule has 2 saturated carbocycles. The van der Waals surface area contributed by atoms with Crippen LogP contribution < -0.4 is 10.6 Å². The Balaban J connectivity index is 1.44. The molecule has 0 radical (unpaired) electrons. The maximum atomic E-state index is 12.9. The Bertz CT molecular complexity index is 589. The van der Waals surface area contributed by atoms with Crippen LogP contribution in [0.4, 0.5) is 13.2 Å². The fourth-order valence-corrected chi connectivity index (χ4v) is 3.64. The van der Waals surface area contributed by atoms with Gasteiger partial charge in [-0.05, 0) is 50.4 Å². The maximum Gasteiger partial charge on any atom is 0.435 e. The Hall–Kier alpha value is -1.31. The zero-order valence-electron chi connectivity index (χ0n) is 14.2. The van der Waals surface area contributed by atoms with Gasteiger partial charge in [-0.25, -0.2) is 0 Å². The van der Waals surface area contributed by atoms with Gasteiger partial charge < -0.3 is 10.6 Å². The molecule has 2 fully saturated rings. The summed E-state index contributed by atoms with van der Waals surface area (Å²) in [4.78, 5) is 0. The zero-order valence-corrected chi connectivity index (χ0v) is 15.1. The Morgan fingerprint density at radius 3 is 2.56 bits per heavy atom. The number of hydrogen-bond acceptors (Lipinski definition) is 2. The summed E-state index contributed by atoms with van der Waals surface area (Å²) in [5.41, 5.74) is -0.0629. The number of alkyl halides is 3. The third-order valence-electron chi connectivity index (χ3n) is 4.87. The normalized spacial score (nSPS) is 19.0. The molecule has 140 valence electrons. The SMILES string of the molecule is FC(F)(F)c1cc(C2CC2)n(CCCNC(=S)NC2CCCCC2)n1. The van der Waals surface area contributed by atoms with Crippen LogP contribution in [0.25, 0.3) is 0 Å². The number of nitrogens with zero attached hydrogens (tertiary/aromatic N) is 2. The fourth-order valence-electron chi connectivity index (χ4n) is 3.37. The van der Waals surface area contributed by atoms with Crippen LogP contribution in [0, 0.1) is 0 Å². The van der Waals surface area contributed by atoms with Gasteiger partial charge in [0, 0.05) is 30.7 Å². The quantitative estimate of drug-likeness (QED) is 0.584. The zero-order chi connectivity index (χ0) is 17.9. The standard InChI is InChI=1S/C17H25F3N4S/c18-17(19,20)15-11-14(12-7-8-12)24(23-15)10-4-9-21-16(25)22-13-5-2-1-3-6-13/h11-13H,1-10H2,(H2,21,22,25). The number of thiocarbonyl (C=S) groups is 1. The van der Waals surface area contributed by atoms with Crippen molar-refractivity contribution in [2.24, 2.45) is 0 Å². The van der Waals surface area contributed by atoms with Crippen molar-refractivity contribution < 1.29 is 13.2 Å². The van der Waals surface area contributed by atoms with E-state index in [0.29, 0.717) is 30.7 Å². The van der Waals surface area contributed by atoms with Gasteiger partial charge in [-0.2, -0.15) is 18.3 Å². The second-order valence-electron chi connectivity index (χ2n) is 7.04. The monoisotopic (exact) mass is 374 g/mol. The lowest BCUT2D eigenvalue weighted by molar-refractivity contribution is -0.141. The van der Waals surface area contributed by atoms with Crippen LogP contribution in [0.3, 0.4) is 0 Å². The summed E-state index contributed by atoms with van der Waals surface area (Å²) in [5.74, 6) is 0.241. The first-order valence-electron chi connectivity index (χ1n) is 9.13. The molecule has 2 aliphatic carbocycles. The number of nitrogens with one attached hydrogen (secondary N) is 2. The Labute approximate surface area is 151 Å². The van der Waals surface area contributed by atoms with Gasteiger partial charge in [-0.1, -0.05) is 19.3 Å². The van der Waals surface area contributed by atoms with E-state index in [9.17, 15) is 13.2 Å². The molecule has 2 N–H and O–H groups in total. The largest absolute Gasteiger partial charge is 0.435 e. The summed E-state index contributed by atoms with van der Waals surface area (Å²) >= 11 is 5.30. The molecule has 1 aromatic rings. The minimum Gasteiger partial charge on any atom is -0.363 e. The minimum absolute atomic E-state index is 0.241. The van der Waals surface area contributed by atoms with E-state index in [1.54, 1.807) is 0 Å². The molecule has 8 heteroatoms. The summed E-state index contributed by atoms with van der Waals surface area (Å²) in [7, 11) is 0. The van der Waals surface area contributed by atoms with Crippen LogP contribution >= 0.6 is 12.2 Å². The minimum atomic E-state index is -4.38. The lowest BCUT2D eigenvalue weighted by Gasteiger charge is -2.24. The maximum absolute atomic E-state index is 12.9. The Morgan fingerprint density at radius 1 is 1.20 bits per heavy atom. The number of aromatic nitrogens is 2. The number of aryl methyl sites for hydroxylation is 1. The first-order chi connectivity index (χ1) is 11.9. The topological polar surface area (TPSA) is 41.9 Å². The van der Waals surface area contributed by atoms with Gasteiger partial charge in [-0.15, -0.1) is 0 Å². The second kappa shape index (κ2) is 7.93. The van der Waals surface area contributed by atoms with Gasteiger partial charge in [-0.3, -0.25) is 4.68 Å². The highest BCUT2D eigenvalue weighted by atomic mass is 32.1. The molecule has 1 heterocycles.